The number of benzene rings is 1. The van der Waals surface area contributed by atoms with Gasteiger partial charge in [0.2, 0.25) is 0 Å². The number of carbonyl (C=O) groups excluding carboxylic acids is 2. The molecule has 7 heteroatoms. The molecule has 4 bridgehead atoms. The summed E-state index contributed by atoms with van der Waals surface area (Å²) in [5.74, 6) is 1.37. The van der Waals surface area contributed by atoms with Crippen molar-refractivity contribution in [3.8, 4) is 6.07 Å². The van der Waals surface area contributed by atoms with Crippen LogP contribution in [0.4, 0.5) is 0 Å². The summed E-state index contributed by atoms with van der Waals surface area (Å²) in [6, 6.07) is 9.51. The molecule has 1 aromatic heterocycles. The van der Waals surface area contributed by atoms with Gasteiger partial charge in [0.05, 0.1) is 18.9 Å². The number of amides is 1. The van der Waals surface area contributed by atoms with E-state index in [2.05, 4.69) is 11.2 Å². The Morgan fingerprint density at radius 2 is 1.84 bits per heavy atom. The lowest BCUT2D eigenvalue weighted by Crippen LogP contribution is -2.62. The first kappa shape index (κ1) is 20.0. The zero-order chi connectivity index (χ0) is 21.4. The van der Waals surface area contributed by atoms with Crippen molar-refractivity contribution in [1.82, 2.24) is 10.1 Å². The molecule has 1 heterocycles. The maximum absolute atomic E-state index is 13.2. The quantitative estimate of drug-likeness (QED) is 0.634. The third-order valence-electron chi connectivity index (χ3n) is 7.45. The molecule has 0 unspecified atom stereocenters. The Balaban J connectivity index is 1.25. The third kappa shape index (κ3) is 3.80. The zero-order valence-electron chi connectivity index (χ0n) is 17.6. The second-order valence-electron chi connectivity index (χ2n) is 9.56. The molecule has 1 aromatic carbocycles. The van der Waals surface area contributed by atoms with Crippen molar-refractivity contribution in [3.05, 3.63) is 30.0 Å². The molecule has 0 aliphatic heterocycles. The van der Waals surface area contributed by atoms with Crippen molar-refractivity contribution in [1.29, 1.82) is 5.26 Å². The second-order valence-corrected chi connectivity index (χ2v) is 9.56. The number of nitrogens with zero attached hydrogens (tertiary/aromatic N) is 3. The lowest BCUT2D eigenvalue weighted by Gasteiger charge is -2.60. The van der Waals surface area contributed by atoms with Crippen molar-refractivity contribution in [3.63, 3.8) is 0 Å². The summed E-state index contributed by atoms with van der Waals surface area (Å²) >= 11 is 0. The molecular formula is C24H27N3O4. The fraction of sp³-hybridized carbons (Fsp3) is 0.583. The van der Waals surface area contributed by atoms with Gasteiger partial charge in [-0.15, -0.1) is 0 Å². The lowest BCUT2D eigenvalue weighted by molar-refractivity contribution is -0.162. The largest absolute Gasteiger partial charge is 0.455 e. The van der Waals surface area contributed by atoms with E-state index in [1.807, 2.05) is 23.1 Å². The van der Waals surface area contributed by atoms with Gasteiger partial charge < -0.3 is 14.2 Å². The van der Waals surface area contributed by atoms with Crippen LogP contribution in [0.1, 0.15) is 50.6 Å². The first-order valence-electron chi connectivity index (χ1n) is 11.2. The summed E-state index contributed by atoms with van der Waals surface area (Å²) in [6.07, 6.45) is 7.16. The maximum Gasteiger partial charge on any atom is 0.312 e. The third-order valence-corrected chi connectivity index (χ3v) is 7.45. The Kier molecular flexibility index (Phi) is 5.17. The number of para-hydroxylation sites is 1. The molecule has 6 rings (SSSR count). The van der Waals surface area contributed by atoms with E-state index >= 15 is 0 Å². The zero-order valence-corrected chi connectivity index (χ0v) is 17.6. The number of hydrogen-bond donors (Lipinski definition) is 0. The monoisotopic (exact) mass is 421 g/mol. The highest BCUT2D eigenvalue weighted by Crippen LogP contribution is 2.57. The SMILES string of the molecule is N#CCCN(C(=O)COC(=O)Cc1noc2ccccc12)C12CC3CC(CC(C3)C1)C2. The molecule has 4 fully saturated rings. The Morgan fingerprint density at radius 3 is 2.52 bits per heavy atom. The van der Waals surface area contributed by atoms with Gasteiger partial charge in [-0.1, -0.05) is 17.3 Å². The highest BCUT2D eigenvalue weighted by molar-refractivity contribution is 5.85. The normalized spacial score (nSPS) is 28.4. The Labute approximate surface area is 181 Å². The minimum absolute atomic E-state index is 0.0418. The highest BCUT2D eigenvalue weighted by Gasteiger charge is 2.54. The minimum atomic E-state index is -0.502. The summed E-state index contributed by atoms with van der Waals surface area (Å²) < 4.78 is 10.6. The van der Waals surface area contributed by atoms with Gasteiger partial charge in [0.25, 0.3) is 5.91 Å². The van der Waals surface area contributed by atoms with E-state index in [1.54, 1.807) is 6.07 Å². The predicted octanol–water partition coefficient (Wildman–Crippen LogP) is 3.62. The van der Waals surface area contributed by atoms with Crippen molar-refractivity contribution >= 4 is 22.8 Å². The predicted molar refractivity (Wildman–Crippen MR) is 112 cm³/mol. The van der Waals surface area contributed by atoms with Crippen LogP contribution in [-0.2, 0) is 20.7 Å². The standard InChI is InChI=1S/C24H27N3O4/c25-6-3-7-27(24-12-16-8-17(13-24)10-18(9-16)14-24)22(28)15-30-23(29)11-20-19-4-1-2-5-21(19)31-26-20/h1-2,4-5,16-18H,3,7-15H2. The van der Waals surface area contributed by atoms with E-state index < -0.39 is 5.97 Å². The van der Waals surface area contributed by atoms with Gasteiger partial charge in [0, 0.05) is 17.5 Å². The van der Waals surface area contributed by atoms with Gasteiger partial charge >= 0.3 is 5.97 Å². The van der Waals surface area contributed by atoms with E-state index in [-0.39, 0.29) is 24.5 Å². The van der Waals surface area contributed by atoms with Crippen LogP contribution in [0.25, 0.3) is 11.0 Å². The number of esters is 1. The van der Waals surface area contributed by atoms with Crippen LogP contribution < -0.4 is 0 Å². The first-order valence-corrected chi connectivity index (χ1v) is 11.2. The number of carbonyl (C=O) groups is 2. The molecular weight excluding hydrogens is 394 g/mol. The topological polar surface area (TPSA) is 96.4 Å². The number of rotatable bonds is 7. The van der Waals surface area contributed by atoms with Crippen molar-refractivity contribution in [2.75, 3.05) is 13.2 Å². The molecule has 0 radical (unpaired) electrons. The average Bonchev–Trinajstić information content (AvgIpc) is 3.14. The van der Waals surface area contributed by atoms with Crippen LogP contribution >= 0.6 is 0 Å². The van der Waals surface area contributed by atoms with Crippen LogP contribution in [-0.4, -0.2) is 40.6 Å². The van der Waals surface area contributed by atoms with Gasteiger partial charge in [-0.2, -0.15) is 5.26 Å². The molecule has 0 N–H and O–H groups in total. The van der Waals surface area contributed by atoms with Crippen molar-refractivity contribution < 1.29 is 18.8 Å². The van der Waals surface area contributed by atoms with Crippen LogP contribution in [0.5, 0.6) is 0 Å². The number of hydrogen-bond acceptors (Lipinski definition) is 6. The fourth-order valence-electron chi connectivity index (χ4n) is 6.66. The smallest absolute Gasteiger partial charge is 0.312 e. The second kappa shape index (κ2) is 7.99. The molecule has 2 aromatic rings. The van der Waals surface area contributed by atoms with Crippen LogP contribution in [0.2, 0.25) is 0 Å². The van der Waals surface area contributed by atoms with E-state index in [0.717, 1.165) is 24.6 Å². The molecule has 31 heavy (non-hydrogen) atoms. The van der Waals surface area contributed by atoms with Gasteiger partial charge in [-0.3, -0.25) is 9.59 Å². The van der Waals surface area contributed by atoms with E-state index in [9.17, 15) is 9.59 Å². The van der Waals surface area contributed by atoms with Gasteiger partial charge in [-0.05, 0) is 68.4 Å². The van der Waals surface area contributed by atoms with Gasteiger partial charge in [0.1, 0.15) is 5.69 Å². The van der Waals surface area contributed by atoms with Crippen molar-refractivity contribution in [2.24, 2.45) is 17.8 Å². The van der Waals surface area contributed by atoms with Crippen LogP contribution in [0.15, 0.2) is 28.8 Å². The molecule has 4 aliphatic rings. The molecule has 0 spiro atoms. The van der Waals surface area contributed by atoms with Crippen molar-refractivity contribution in [2.45, 2.75) is 56.9 Å². The van der Waals surface area contributed by atoms with Gasteiger partial charge in [-0.25, -0.2) is 0 Å². The Morgan fingerprint density at radius 1 is 1.16 bits per heavy atom. The van der Waals surface area contributed by atoms with Gasteiger partial charge in [0.15, 0.2) is 12.2 Å². The van der Waals surface area contributed by atoms with E-state index in [4.69, 9.17) is 14.5 Å². The number of nitriles is 1. The molecule has 1 amide bonds. The fourth-order valence-corrected chi connectivity index (χ4v) is 6.66. The summed E-state index contributed by atoms with van der Waals surface area (Å²) in [4.78, 5) is 27.5. The number of fused-ring (bicyclic) bond motifs is 1. The highest BCUT2D eigenvalue weighted by atomic mass is 16.5. The van der Waals surface area contributed by atoms with E-state index in [1.165, 1.54) is 19.3 Å². The molecule has 7 nitrogen and oxygen atoms in total. The molecule has 0 atom stereocenters. The molecule has 162 valence electrons. The minimum Gasteiger partial charge on any atom is -0.455 e. The molecule has 0 saturated heterocycles. The summed E-state index contributed by atoms with van der Waals surface area (Å²) in [5, 5.41) is 13.9. The van der Waals surface area contributed by atoms with Crippen LogP contribution in [0, 0.1) is 29.1 Å². The maximum atomic E-state index is 13.2. The Hall–Kier alpha value is -2.88. The molecule has 4 aliphatic carbocycles. The van der Waals surface area contributed by atoms with Crippen LogP contribution in [0.3, 0.4) is 0 Å². The number of ether oxygens (including phenoxy) is 1. The average molecular weight is 421 g/mol. The summed E-state index contributed by atoms with van der Waals surface area (Å²) in [5.41, 5.74) is 0.971. The summed E-state index contributed by atoms with van der Waals surface area (Å²) in [6.45, 7) is 0.120. The molecule has 4 saturated carbocycles. The number of aromatic nitrogens is 1. The van der Waals surface area contributed by atoms with E-state index in [0.29, 0.717) is 42.0 Å². The summed E-state index contributed by atoms with van der Waals surface area (Å²) in [7, 11) is 0. The lowest BCUT2D eigenvalue weighted by atomic mass is 9.52. The Bertz CT molecular complexity index is 1000. The first-order chi connectivity index (χ1) is 15.1.